The lowest BCUT2D eigenvalue weighted by molar-refractivity contribution is -0.140. The fraction of sp³-hybridized carbons (Fsp3) is 0.310. The largest absolute Gasteiger partial charge is 0.354 e. The van der Waals surface area contributed by atoms with Gasteiger partial charge >= 0.3 is 0 Å². The Hall–Kier alpha value is -3.14. The summed E-state index contributed by atoms with van der Waals surface area (Å²) in [6.45, 7) is 1.45. The van der Waals surface area contributed by atoms with Crippen molar-refractivity contribution in [1.29, 1.82) is 0 Å². The fourth-order valence-electron chi connectivity index (χ4n) is 4.14. The molecule has 0 unspecified atom stereocenters. The molecule has 0 fully saturated rings. The molecule has 3 aromatic carbocycles. The number of halogens is 3. The maximum Gasteiger partial charge on any atom is 0.244 e. The van der Waals surface area contributed by atoms with Crippen LogP contribution >= 0.6 is 23.2 Å². The molecule has 0 spiro atoms. The highest BCUT2D eigenvalue weighted by molar-refractivity contribution is 7.92. The van der Waals surface area contributed by atoms with Crippen LogP contribution in [0.25, 0.3) is 0 Å². The van der Waals surface area contributed by atoms with Gasteiger partial charge in [-0.1, -0.05) is 85.1 Å². The van der Waals surface area contributed by atoms with Crippen LogP contribution in [0.1, 0.15) is 30.9 Å². The molecule has 11 heteroatoms. The number of benzene rings is 3. The molecule has 0 radical (unpaired) electrons. The second kappa shape index (κ2) is 14.5. The molecule has 0 saturated heterocycles. The van der Waals surface area contributed by atoms with Crippen molar-refractivity contribution in [1.82, 2.24) is 10.2 Å². The standard InChI is InChI=1S/C29H32Cl2FN3O4S/c1-3-4-16-33-29(37)27(17-21-10-6-5-7-11-21)34(19-22-12-8-9-13-25(22)32)28(36)20-35(40(2,38)39)26-18-23(30)14-15-24(26)31/h5-15,18,27H,3-4,16-17,19-20H2,1-2H3,(H,33,37)/t27-/m1/s1. The normalized spacial score (nSPS) is 12.0. The zero-order chi connectivity index (χ0) is 29.3. The Morgan fingerprint density at radius 1 is 1.00 bits per heavy atom. The first-order chi connectivity index (χ1) is 19.0. The molecule has 0 bridgehead atoms. The minimum Gasteiger partial charge on any atom is -0.354 e. The minimum absolute atomic E-state index is 0.0165. The number of nitrogens with one attached hydrogen (secondary N) is 1. The summed E-state index contributed by atoms with van der Waals surface area (Å²) in [5.74, 6) is -1.69. The van der Waals surface area contributed by atoms with E-state index in [4.69, 9.17) is 23.2 Å². The van der Waals surface area contributed by atoms with Gasteiger partial charge in [0.2, 0.25) is 21.8 Å². The van der Waals surface area contributed by atoms with Crippen LogP contribution in [0.4, 0.5) is 10.1 Å². The molecular formula is C29H32Cl2FN3O4S. The van der Waals surface area contributed by atoms with Gasteiger partial charge in [0.1, 0.15) is 18.4 Å². The topological polar surface area (TPSA) is 86.8 Å². The Bertz CT molecular complexity index is 1420. The number of hydrogen-bond acceptors (Lipinski definition) is 4. The number of unbranched alkanes of at least 4 members (excludes halogenated alkanes) is 1. The molecule has 1 atom stereocenters. The summed E-state index contributed by atoms with van der Waals surface area (Å²) in [5.41, 5.74) is 0.979. The van der Waals surface area contributed by atoms with Crippen molar-refractivity contribution in [2.24, 2.45) is 0 Å². The van der Waals surface area contributed by atoms with Crippen molar-refractivity contribution in [2.45, 2.75) is 38.8 Å². The molecule has 0 saturated carbocycles. The maximum atomic E-state index is 14.8. The van der Waals surface area contributed by atoms with E-state index in [0.29, 0.717) is 6.54 Å². The summed E-state index contributed by atoms with van der Waals surface area (Å²) in [5, 5.41) is 3.17. The first kappa shape index (κ1) is 31.4. The van der Waals surface area contributed by atoms with Crippen molar-refractivity contribution in [3.8, 4) is 0 Å². The van der Waals surface area contributed by atoms with E-state index in [1.165, 1.54) is 41.3 Å². The van der Waals surface area contributed by atoms with Gasteiger partial charge in [0, 0.05) is 30.1 Å². The summed E-state index contributed by atoms with van der Waals surface area (Å²) in [6, 6.07) is 18.3. The Morgan fingerprint density at radius 3 is 2.33 bits per heavy atom. The molecule has 0 heterocycles. The molecule has 214 valence electrons. The Morgan fingerprint density at radius 2 is 1.68 bits per heavy atom. The summed E-state index contributed by atoms with van der Waals surface area (Å²) in [7, 11) is -4.02. The lowest BCUT2D eigenvalue weighted by atomic mass is 10.0. The number of rotatable bonds is 13. The van der Waals surface area contributed by atoms with Gasteiger partial charge < -0.3 is 10.2 Å². The third kappa shape index (κ3) is 8.68. The van der Waals surface area contributed by atoms with E-state index in [1.807, 2.05) is 37.3 Å². The fourth-order valence-corrected chi connectivity index (χ4v) is 5.43. The smallest absolute Gasteiger partial charge is 0.244 e. The lowest BCUT2D eigenvalue weighted by Gasteiger charge is -2.33. The number of amides is 2. The van der Waals surface area contributed by atoms with Gasteiger partial charge in [-0.05, 0) is 36.2 Å². The van der Waals surface area contributed by atoms with E-state index in [2.05, 4.69) is 5.32 Å². The average molecular weight is 609 g/mol. The molecule has 0 aliphatic rings. The van der Waals surface area contributed by atoms with E-state index in [-0.39, 0.29) is 34.3 Å². The number of sulfonamides is 1. The van der Waals surface area contributed by atoms with Crippen LogP contribution in [-0.4, -0.2) is 50.5 Å². The molecule has 7 nitrogen and oxygen atoms in total. The van der Waals surface area contributed by atoms with Crippen LogP contribution in [0.5, 0.6) is 0 Å². The molecule has 0 aromatic heterocycles. The highest BCUT2D eigenvalue weighted by Gasteiger charge is 2.33. The van der Waals surface area contributed by atoms with Crippen LogP contribution in [0.15, 0.2) is 72.8 Å². The third-order valence-electron chi connectivity index (χ3n) is 6.26. The van der Waals surface area contributed by atoms with Crippen LogP contribution in [0.2, 0.25) is 10.0 Å². The summed E-state index contributed by atoms with van der Waals surface area (Å²) in [4.78, 5) is 28.7. The van der Waals surface area contributed by atoms with Crippen molar-refractivity contribution in [3.05, 3.63) is 99.8 Å². The number of nitrogens with zero attached hydrogens (tertiary/aromatic N) is 2. The SMILES string of the molecule is CCCCNC(=O)[C@@H](Cc1ccccc1)N(Cc1ccccc1F)C(=O)CN(c1cc(Cl)ccc1Cl)S(C)(=O)=O. The zero-order valence-corrected chi connectivity index (χ0v) is 24.6. The molecule has 0 aliphatic heterocycles. The van der Waals surface area contributed by atoms with Gasteiger partial charge in [0.15, 0.2) is 0 Å². The second-order valence-corrected chi connectivity index (χ2v) is 12.1. The molecule has 1 N–H and O–H groups in total. The number of anilines is 1. The number of hydrogen-bond donors (Lipinski definition) is 1. The number of carbonyl (C=O) groups excluding carboxylic acids is 2. The Balaban J connectivity index is 2.07. The van der Waals surface area contributed by atoms with E-state index >= 15 is 0 Å². The van der Waals surface area contributed by atoms with Crippen LogP contribution in [-0.2, 0) is 32.6 Å². The quantitative estimate of drug-likeness (QED) is 0.262. The molecular weight excluding hydrogens is 576 g/mol. The van der Waals surface area contributed by atoms with Crippen LogP contribution in [0.3, 0.4) is 0 Å². The van der Waals surface area contributed by atoms with Gasteiger partial charge in [0.05, 0.1) is 17.0 Å². The second-order valence-electron chi connectivity index (χ2n) is 9.33. The van der Waals surface area contributed by atoms with E-state index < -0.39 is 40.2 Å². The van der Waals surface area contributed by atoms with E-state index in [1.54, 1.807) is 6.07 Å². The Labute approximate surface area is 244 Å². The van der Waals surface area contributed by atoms with Crippen molar-refractivity contribution in [2.75, 3.05) is 23.7 Å². The van der Waals surface area contributed by atoms with Crippen molar-refractivity contribution < 1.29 is 22.4 Å². The minimum atomic E-state index is -4.02. The van der Waals surface area contributed by atoms with E-state index in [9.17, 15) is 22.4 Å². The van der Waals surface area contributed by atoms with Crippen LogP contribution in [0, 0.1) is 5.82 Å². The third-order valence-corrected chi connectivity index (χ3v) is 7.94. The van der Waals surface area contributed by atoms with E-state index in [0.717, 1.165) is 29.0 Å². The highest BCUT2D eigenvalue weighted by Crippen LogP contribution is 2.31. The predicted octanol–water partition coefficient (Wildman–Crippen LogP) is 5.45. The Kier molecular flexibility index (Phi) is 11.4. The predicted molar refractivity (Wildman–Crippen MR) is 157 cm³/mol. The van der Waals surface area contributed by atoms with Crippen LogP contribution < -0.4 is 9.62 Å². The van der Waals surface area contributed by atoms with Gasteiger partial charge in [-0.3, -0.25) is 13.9 Å². The molecule has 3 rings (SSSR count). The first-order valence-corrected chi connectivity index (χ1v) is 15.4. The zero-order valence-electron chi connectivity index (χ0n) is 22.3. The van der Waals surface area contributed by atoms with Crippen molar-refractivity contribution >= 4 is 50.7 Å². The van der Waals surface area contributed by atoms with Gasteiger partial charge in [-0.15, -0.1) is 0 Å². The first-order valence-electron chi connectivity index (χ1n) is 12.8. The maximum absolute atomic E-state index is 14.8. The van der Waals surface area contributed by atoms with Crippen molar-refractivity contribution in [3.63, 3.8) is 0 Å². The lowest BCUT2D eigenvalue weighted by Crippen LogP contribution is -2.53. The molecule has 2 amide bonds. The summed E-state index contributed by atoms with van der Waals surface area (Å²) >= 11 is 12.4. The van der Waals surface area contributed by atoms with Gasteiger partial charge in [-0.25, -0.2) is 12.8 Å². The monoisotopic (exact) mass is 607 g/mol. The van der Waals surface area contributed by atoms with Gasteiger partial charge in [0.25, 0.3) is 0 Å². The average Bonchev–Trinajstić information content (AvgIpc) is 2.91. The van der Waals surface area contributed by atoms with Gasteiger partial charge in [-0.2, -0.15) is 0 Å². The summed E-state index contributed by atoms with van der Waals surface area (Å²) in [6.07, 6.45) is 2.67. The molecule has 0 aliphatic carbocycles. The summed E-state index contributed by atoms with van der Waals surface area (Å²) < 4.78 is 41.3. The highest BCUT2D eigenvalue weighted by atomic mass is 35.5. The molecule has 40 heavy (non-hydrogen) atoms. The number of carbonyl (C=O) groups is 2. The molecule has 3 aromatic rings.